The van der Waals surface area contributed by atoms with Crippen molar-refractivity contribution in [2.24, 2.45) is 0 Å². The molecule has 1 amide bonds. The van der Waals surface area contributed by atoms with Crippen molar-refractivity contribution in [3.05, 3.63) is 29.3 Å². The van der Waals surface area contributed by atoms with E-state index in [4.69, 9.17) is 4.74 Å². The summed E-state index contributed by atoms with van der Waals surface area (Å²) in [6.45, 7) is 6.41. The van der Waals surface area contributed by atoms with E-state index in [0.717, 1.165) is 30.6 Å². The molecule has 1 fully saturated rings. The maximum Gasteiger partial charge on any atom is 0.254 e. The normalized spacial score (nSPS) is 24.6. The molecule has 4 nitrogen and oxygen atoms in total. The molecule has 0 bridgehead atoms. The highest BCUT2D eigenvalue weighted by molar-refractivity contribution is 5.97. The Morgan fingerprint density at radius 3 is 2.71 bits per heavy atom. The SMILES string of the molecule is C[C@@H]1CN(C(=O)c2cccc3c2CCCN3)C[C@H](C)O1.Cl. The Kier molecular flexibility index (Phi) is 5.12. The summed E-state index contributed by atoms with van der Waals surface area (Å²) in [5.41, 5.74) is 3.16. The number of hydrogen-bond acceptors (Lipinski definition) is 3. The summed E-state index contributed by atoms with van der Waals surface area (Å²) in [6, 6.07) is 5.99. The molecule has 2 heterocycles. The van der Waals surface area contributed by atoms with Gasteiger partial charge in [0.2, 0.25) is 0 Å². The Labute approximate surface area is 132 Å². The third-order valence-corrected chi connectivity index (χ3v) is 4.03. The first-order chi connectivity index (χ1) is 9.65. The van der Waals surface area contributed by atoms with Gasteiger partial charge in [0.1, 0.15) is 0 Å². The molecule has 2 aliphatic heterocycles. The van der Waals surface area contributed by atoms with Gasteiger partial charge in [-0.15, -0.1) is 12.4 Å². The number of hydrogen-bond donors (Lipinski definition) is 1. The van der Waals surface area contributed by atoms with Gasteiger partial charge in [0.15, 0.2) is 0 Å². The van der Waals surface area contributed by atoms with Crippen LogP contribution in [0.25, 0.3) is 0 Å². The summed E-state index contributed by atoms with van der Waals surface area (Å²) in [5.74, 6) is 0.146. The van der Waals surface area contributed by atoms with Crippen LogP contribution in [0.1, 0.15) is 36.2 Å². The van der Waals surface area contributed by atoms with Gasteiger partial charge in [0.05, 0.1) is 12.2 Å². The Bertz CT molecular complexity index is 511. The lowest BCUT2D eigenvalue weighted by Gasteiger charge is -2.36. The summed E-state index contributed by atoms with van der Waals surface area (Å²) < 4.78 is 5.71. The molecule has 0 aliphatic carbocycles. The van der Waals surface area contributed by atoms with Crippen molar-refractivity contribution in [1.82, 2.24) is 4.90 Å². The van der Waals surface area contributed by atoms with Crippen molar-refractivity contribution >= 4 is 24.0 Å². The first-order valence-corrected chi connectivity index (χ1v) is 7.45. The molecule has 1 aromatic rings. The molecular formula is C16H23ClN2O2. The number of halogens is 1. The minimum Gasteiger partial charge on any atom is -0.385 e. The van der Waals surface area contributed by atoms with Crippen molar-refractivity contribution < 1.29 is 9.53 Å². The van der Waals surface area contributed by atoms with E-state index in [1.54, 1.807) is 0 Å². The highest BCUT2D eigenvalue weighted by Gasteiger charge is 2.28. The fourth-order valence-corrected chi connectivity index (χ4v) is 3.22. The first-order valence-electron chi connectivity index (χ1n) is 7.45. The zero-order valence-corrected chi connectivity index (χ0v) is 13.4. The number of rotatable bonds is 1. The second kappa shape index (κ2) is 6.67. The molecule has 3 rings (SSSR count). The monoisotopic (exact) mass is 310 g/mol. The standard InChI is InChI=1S/C16H22N2O2.ClH/c1-11-9-18(10-12(2)20-11)16(19)14-5-3-7-15-13(14)6-4-8-17-15;/h3,5,7,11-12,17H,4,6,8-10H2,1-2H3;1H/t11-,12+;. The van der Waals surface area contributed by atoms with E-state index < -0.39 is 0 Å². The van der Waals surface area contributed by atoms with Crippen molar-refractivity contribution in [2.75, 3.05) is 25.0 Å². The number of benzene rings is 1. The average Bonchev–Trinajstić information content (AvgIpc) is 2.45. The van der Waals surface area contributed by atoms with Crippen LogP contribution in [0, 0.1) is 0 Å². The van der Waals surface area contributed by atoms with E-state index in [2.05, 4.69) is 11.4 Å². The largest absolute Gasteiger partial charge is 0.385 e. The number of carbonyl (C=O) groups excluding carboxylic acids is 1. The number of nitrogens with zero attached hydrogens (tertiary/aromatic N) is 1. The quantitative estimate of drug-likeness (QED) is 0.867. The van der Waals surface area contributed by atoms with E-state index in [9.17, 15) is 4.79 Å². The smallest absolute Gasteiger partial charge is 0.254 e. The predicted octanol–water partition coefficient (Wildman–Crippen LogP) is 2.72. The fourth-order valence-electron chi connectivity index (χ4n) is 3.22. The Morgan fingerprint density at radius 1 is 1.29 bits per heavy atom. The van der Waals surface area contributed by atoms with Gasteiger partial charge >= 0.3 is 0 Å². The van der Waals surface area contributed by atoms with E-state index in [1.165, 1.54) is 5.56 Å². The Morgan fingerprint density at radius 2 is 2.00 bits per heavy atom. The molecule has 5 heteroatoms. The third kappa shape index (κ3) is 3.33. The van der Waals surface area contributed by atoms with Crippen molar-refractivity contribution in [2.45, 2.75) is 38.9 Å². The van der Waals surface area contributed by atoms with Gasteiger partial charge in [-0.25, -0.2) is 0 Å². The third-order valence-electron chi connectivity index (χ3n) is 4.03. The summed E-state index contributed by atoms with van der Waals surface area (Å²) in [4.78, 5) is 14.7. The van der Waals surface area contributed by atoms with Crippen LogP contribution in [0.5, 0.6) is 0 Å². The molecule has 0 unspecified atom stereocenters. The van der Waals surface area contributed by atoms with Crippen LogP contribution < -0.4 is 5.32 Å². The molecule has 0 aromatic heterocycles. The molecule has 0 radical (unpaired) electrons. The molecule has 2 atom stereocenters. The molecule has 1 saturated heterocycles. The topological polar surface area (TPSA) is 41.6 Å². The number of nitrogens with one attached hydrogen (secondary N) is 1. The van der Waals surface area contributed by atoms with Gasteiger partial charge in [0, 0.05) is 30.9 Å². The number of morpholine rings is 1. The van der Waals surface area contributed by atoms with E-state index in [1.807, 2.05) is 30.9 Å². The fraction of sp³-hybridized carbons (Fsp3) is 0.562. The molecule has 21 heavy (non-hydrogen) atoms. The Hall–Kier alpha value is -1.26. The summed E-state index contributed by atoms with van der Waals surface area (Å²) in [6.07, 6.45) is 2.30. The van der Waals surface area contributed by atoms with Crippen LogP contribution in [-0.2, 0) is 11.2 Å². The van der Waals surface area contributed by atoms with E-state index >= 15 is 0 Å². The second-order valence-corrected chi connectivity index (χ2v) is 5.83. The van der Waals surface area contributed by atoms with Crippen molar-refractivity contribution in [3.8, 4) is 0 Å². The van der Waals surface area contributed by atoms with Gasteiger partial charge in [-0.05, 0) is 44.4 Å². The number of anilines is 1. The summed E-state index contributed by atoms with van der Waals surface area (Å²) in [7, 11) is 0. The molecule has 1 N–H and O–H groups in total. The zero-order valence-electron chi connectivity index (χ0n) is 12.6. The van der Waals surface area contributed by atoms with Crippen LogP contribution in [0.4, 0.5) is 5.69 Å². The minimum absolute atomic E-state index is 0. The molecule has 0 saturated carbocycles. The van der Waals surface area contributed by atoms with Gasteiger partial charge in [0.25, 0.3) is 5.91 Å². The second-order valence-electron chi connectivity index (χ2n) is 5.83. The number of amides is 1. The number of fused-ring (bicyclic) bond motifs is 1. The van der Waals surface area contributed by atoms with Crippen molar-refractivity contribution in [1.29, 1.82) is 0 Å². The van der Waals surface area contributed by atoms with E-state index in [-0.39, 0.29) is 30.5 Å². The van der Waals surface area contributed by atoms with Crippen LogP contribution >= 0.6 is 12.4 Å². The predicted molar refractivity (Wildman–Crippen MR) is 86.4 cm³/mol. The van der Waals surface area contributed by atoms with Crippen LogP contribution in [0.2, 0.25) is 0 Å². The van der Waals surface area contributed by atoms with Crippen LogP contribution in [-0.4, -0.2) is 42.6 Å². The lowest BCUT2D eigenvalue weighted by atomic mass is 9.96. The lowest BCUT2D eigenvalue weighted by molar-refractivity contribution is -0.0586. The summed E-state index contributed by atoms with van der Waals surface area (Å²) >= 11 is 0. The molecule has 1 aromatic carbocycles. The van der Waals surface area contributed by atoms with Crippen molar-refractivity contribution in [3.63, 3.8) is 0 Å². The average molecular weight is 311 g/mol. The molecular weight excluding hydrogens is 288 g/mol. The highest BCUT2D eigenvalue weighted by atomic mass is 35.5. The van der Waals surface area contributed by atoms with Gasteiger partial charge in [-0.2, -0.15) is 0 Å². The Balaban J connectivity index is 0.00000161. The summed E-state index contributed by atoms with van der Waals surface area (Å²) in [5, 5.41) is 3.38. The number of carbonyl (C=O) groups is 1. The first kappa shape index (κ1) is 16.1. The molecule has 116 valence electrons. The van der Waals surface area contributed by atoms with Gasteiger partial charge in [-0.3, -0.25) is 4.79 Å². The maximum absolute atomic E-state index is 12.8. The number of ether oxygens (including phenoxy) is 1. The maximum atomic E-state index is 12.8. The van der Waals surface area contributed by atoms with Crippen LogP contribution in [0.3, 0.4) is 0 Å². The van der Waals surface area contributed by atoms with E-state index in [0.29, 0.717) is 13.1 Å². The minimum atomic E-state index is 0. The van der Waals surface area contributed by atoms with Gasteiger partial charge < -0.3 is 15.0 Å². The highest BCUT2D eigenvalue weighted by Crippen LogP contribution is 2.27. The van der Waals surface area contributed by atoms with Crippen LogP contribution in [0.15, 0.2) is 18.2 Å². The molecule has 2 aliphatic rings. The zero-order chi connectivity index (χ0) is 14.1. The molecule has 0 spiro atoms. The van der Waals surface area contributed by atoms with Gasteiger partial charge in [-0.1, -0.05) is 6.07 Å². The lowest BCUT2D eigenvalue weighted by Crippen LogP contribution is -2.48.